The topological polar surface area (TPSA) is 84.7 Å². The first kappa shape index (κ1) is 16.4. The Morgan fingerprint density at radius 1 is 1.17 bits per heavy atom. The summed E-state index contributed by atoms with van der Waals surface area (Å²) in [6.07, 6.45) is 7.52. The Morgan fingerprint density at radius 2 is 2.00 bits per heavy atom. The van der Waals surface area contributed by atoms with Gasteiger partial charge in [0.25, 0.3) is 0 Å². The van der Waals surface area contributed by atoms with Gasteiger partial charge in [0.05, 0.1) is 5.69 Å². The number of nitrogens with zero attached hydrogens (tertiary/aromatic N) is 4. The number of hydrogen-bond donors (Lipinski definition) is 2. The third-order valence-corrected chi connectivity index (χ3v) is 4.31. The summed E-state index contributed by atoms with van der Waals surface area (Å²) in [4.78, 5) is 12.0. The second-order valence-electron chi connectivity index (χ2n) is 6.23. The SMILES string of the molecule is Cc1ccn(-c2ccc(NCCNC(=O)C3CCCCC3)nn2)n1. The normalized spacial score (nSPS) is 15.2. The van der Waals surface area contributed by atoms with Crippen LogP contribution in [-0.2, 0) is 4.79 Å². The van der Waals surface area contributed by atoms with E-state index in [4.69, 9.17) is 0 Å². The first-order valence-electron chi connectivity index (χ1n) is 8.60. The van der Waals surface area contributed by atoms with Crippen LogP contribution in [0.2, 0.25) is 0 Å². The molecule has 0 bridgehead atoms. The smallest absolute Gasteiger partial charge is 0.223 e. The molecular formula is C17H24N6O. The summed E-state index contributed by atoms with van der Waals surface area (Å²) < 4.78 is 1.69. The Morgan fingerprint density at radius 3 is 2.67 bits per heavy atom. The lowest BCUT2D eigenvalue weighted by Crippen LogP contribution is -2.35. The second-order valence-corrected chi connectivity index (χ2v) is 6.23. The predicted octanol–water partition coefficient (Wildman–Crippen LogP) is 2.08. The van der Waals surface area contributed by atoms with Crippen molar-refractivity contribution in [1.82, 2.24) is 25.3 Å². The van der Waals surface area contributed by atoms with Crippen molar-refractivity contribution in [2.45, 2.75) is 39.0 Å². The van der Waals surface area contributed by atoms with Crippen molar-refractivity contribution in [3.8, 4) is 5.82 Å². The highest BCUT2D eigenvalue weighted by atomic mass is 16.1. The minimum atomic E-state index is 0.187. The van der Waals surface area contributed by atoms with Crippen LogP contribution in [0.3, 0.4) is 0 Å². The van der Waals surface area contributed by atoms with E-state index >= 15 is 0 Å². The van der Waals surface area contributed by atoms with Gasteiger partial charge < -0.3 is 10.6 Å². The number of nitrogens with one attached hydrogen (secondary N) is 2. The second kappa shape index (κ2) is 7.90. The van der Waals surface area contributed by atoms with Gasteiger partial charge in [-0.2, -0.15) is 5.10 Å². The van der Waals surface area contributed by atoms with Crippen molar-refractivity contribution in [3.63, 3.8) is 0 Å². The molecule has 24 heavy (non-hydrogen) atoms. The molecule has 1 fully saturated rings. The number of rotatable bonds is 6. The van der Waals surface area contributed by atoms with E-state index in [0.717, 1.165) is 18.5 Å². The lowest BCUT2D eigenvalue weighted by molar-refractivity contribution is -0.125. The number of anilines is 1. The van der Waals surface area contributed by atoms with Gasteiger partial charge >= 0.3 is 0 Å². The minimum Gasteiger partial charge on any atom is -0.367 e. The molecule has 0 unspecified atom stereocenters. The number of aromatic nitrogens is 4. The molecule has 0 aromatic carbocycles. The van der Waals surface area contributed by atoms with Gasteiger partial charge in [-0.1, -0.05) is 19.3 Å². The molecule has 1 aliphatic carbocycles. The van der Waals surface area contributed by atoms with Crippen molar-refractivity contribution in [3.05, 3.63) is 30.1 Å². The van der Waals surface area contributed by atoms with Gasteiger partial charge in [-0.25, -0.2) is 4.68 Å². The van der Waals surface area contributed by atoms with E-state index in [1.54, 1.807) is 4.68 Å². The maximum atomic E-state index is 12.0. The van der Waals surface area contributed by atoms with Crippen molar-refractivity contribution in [1.29, 1.82) is 0 Å². The van der Waals surface area contributed by atoms with Crippen LogP contribution in [0.15, 0.2) is 24.4 Å². The molecule has 0 atom stereocenters. The van der Waals surface area contributed by atoms with Crippen molar-refractivity contribution in [2.24, 2.45) is 5.92 Å². The van der Waals surface area contributed by atoms with Gasteiger partial charge in [-0.05, 0) is 38.0 Å². The van der Waals surface area contributed by atoms with Crippen LogP contribution in [0, 0.1) is 12.8 Å². The summed E-state index contributed by atoms with van der Waals surface area (Å²) in [5.41, 5.74) is 0.938. The highest BCUT2D eigenvalue weighted by molar-refractivity contribution is 5.78. The summed E-state index contributed by atoms with van der Waals surface area (Å²) in [6, 6.07) is 5.65. The minimum absolute atomic E-state index is 0.187. The van der Waals surface area contributed by atoms with Gasteiger partial charge in [0.2, 0.25) is 5.91 Å². The van der Waals surface area contributed by atoms with Crippen LogP contribution in [0.1, 0.15) is 37.8 Å². The largest absolute Gasteiger partial charge is 0.367 e. The van der Waals surface area contributed by atoms with Gasteiger partial charge in [-0.15, -0.1) is 10.2 Å². The molecule has 1 amide bonds. The molecular weight excluding hydrogens is 304 g/mol. The summed E-state index contributed by atoms with van der Waals surface area (Å²) in [5, 5.41) is 18.8. The van der Waals surface area contributed by atoms with Crippen molar-refractivity contribution < 1.29 is 4.79 Å². The Bertz CT molecular complexity index is 660. The van der Waals surface area contributed by atoms with E-state index in [-0.39, 0.29) is 11.8 Å². The Kier molecular flexibility index (Phi) is 5.40. The number of carbonyl (C=O) groups is 1. The summed E-state index contributed by atoms with van der Waals surface area (Å²) in [5.74, 6) is 1.76. The van der Waals surface area contributed by atoms with E-state index in [2.05, 4.69) is 25.9 Å². The fourth-order valence-corrected chi connectivity index (χ4v) is 2.97. The zero-order chi connectivity index (χ0) is 16.8. The molecule has 128 valence electrons. The van der Waals surface area contributed by atoms with Crippen molar-refractivity contribution >= 4 is 11.7 Å². The predicted molar refractivity (Wildman–Crippen MR) is 92.0 cm³/mol. The van der Waals surface area contributed by atoms with Crippen LogP contribution >= 0.6 is 0 Å². The molecule has 1 aliphatic rings. The zero-order valence-electron chi connectivity index (χ0n) is 14.0. The highest BCUT2D eigenvalue weighted by Gasteiger charge is 2.20. The first-order chi connectivity index (χ1) is 11.7. The van der Waals surface area contributed by atoms with Crippen LogP contribution in [0.4, 0.5) is 5.82 Å². The third kappa shape index (κ3) is 4.31. The Balaban J connectivity index is 1.41. The quantitative estimate of drug-likeness (QED) is 0.793. The zero-order valence-corrected chi connectivity index (χ0v) is 14.0. The van der Waals surface area contributed by atoms with Crippen LogP contribution in [0.5, 0.6) is 0 Å². The highest BCUT2D eigenvalue weighted by Crippen LogP contribution is 2.23. The Labute approximate surface area is 141 Å². The van der Waals surface area contributed by atoms with Crippen LogP contribution in [-0.4, -0.2) is 39.0 Å². The molecule has 2 N–H and O–H groups in total. The van der Waals surface area contributed by atoms with E-state index in [1.165, 1.54) is 19.3 Å². The van der Waals surface area contributed by atoms with Crippen LogP contribution in [0.25, 0.3) is 5.82 Å². The number of carbonyl (C=O) groups excluding carboxylic acids is 1. The molecule has 0 radical (unpaired) electrons. The molecule has 0 aliphatic heterocycles. The molecule has 1 saturated carbocycles. The summed E-state index contributed by atoms with van der Waals surface area (Å²) in [6.45, 7) is 3.16. The van der Waals surface area contributed by atoms with Gasteiger partial charge in [0, 0.05) is 25.2 Å². The monoisotopic (exact) mass is 328 g/mol. The standard InChI is InChI=1S/C17H24N6O/c1-13-9-12-23(22-13)16-8-7-15(20-21-16)18-10-11-19-17(24)14-5-3-2-4-6-14/h7-9,12,14H,2-6,10-11H2,1H3,(H,18,20)(H,19,24). The van der Waals surface area contributed by atoms with E-state index in [9.17, 15) is 4.79 Å². The number of hydrogen-bond acceptors (Lipinski definition) is 5. The van der Waals surface area contributed by atoms with E-state index in [0.29, 0.717) is 24.7 Å². The van der Waals surface area contributed by atoms with E-state index in [1.807, 2.05) is 31.3 Å². The molecule has 2 aromatic rings. The third-order valence-electron chi connectivity index (χ3n) is 4.31. The van der Waals surface area contributed by atoms with Gasteiger partial charge in [-0.3, -0.25) is 4.79 Å². The summed E-state index contributed by atoms with van der Waals surface area (Å²) >= 11 is 0. The lowest BCUT2D eigenvalue weighted by atomic mass is 9.89. The number of aryl methyl sites for hydroxylation is 1. The molecule has 0 spiro atoms. The number of amides is 1. The molecule has 7 heteroatoms. The summed E-state index contributed by atoms with van der Waals surface area (Å²) in [7, 11) is 0. The average molecular weight is 328 g/mol. The Hall–Kier alpha value is -2.44. The maximum absolute atomic E-state index is 12.0. The molecule has 7 nitrogen and oxygen atoms in total. The fourth-order valence-electron chi connectivity index (χ4n) is 2.97. The van der Waals surface area contributed by atoms with Crippen LogP contribution < -0.4 is 10.6 Å². The van der Waals surface area contributed by atoms with Crippen molar-refractivity contribution in [2.75, 3.05) is 18.4 Å². The van der Waals surface area contributed by atoms with Gasteiger partial charge in [0.1, 0.15) is 5.82 Å². The molecule has 0 saturated heterocycles. The fraction of sp³-hybridized carbons (Fsp3) is 0.529. The van der Waals surface area contributed by atoms with Gasteiger partial charge in [0.15, 0.2) is 5.82 Å². The average Bonchev–Trinajstić information content (AvgIpc) is 3.06. The molecule has 3 rings (SSSR count). The first-order valence-corrected chi connectivity index (χ1v) is 8.60. The maximum Gasteiger partial charge on any atom is 0.223 e. The van der Waals surface area contributed by atoms with E-state index < -0.39 is 0 Å². The molecule has 2 aromatic heterocycles. The lowest BCUT2D eigenvalue weighted by Gasteiger charge is -2.20. The molecule has 2 heterocycles.